The van der Waals surface area contributed by atoms with E-state index in [4.69, 9.17) is 0 Å². The lowest BCUT2D eigenvalue weighted by atomic mass is 10.2. The maximum absolute atomic E-state index is 12.7. The molecule has 0 heterocycles. The van der Waals surface area contributed by atoms with Gasteiger partial charge in [-0.15, -0.1) is 0 Å². The minimum Gasteiger partial charge on any atom is -0.244 e. The second kappa shape index (κ2) is 5.85. The third-order valence-corrected chi connectivity index (χ3v) is 5.01. The van der Waals surface area contributed by atoms with Crippen molar-refractivity contribution in [3.63, 3.8) is 0 Å². The number of hydrogen-bond acceptors (Lipinski definition) is 2. The summed E-state index contributed by atoms with van der Waals surface area (Å²) in [6, 6.07) is 9.51. The smallest absolute Gasteiger partial charge is 0.0788 e. The van der Waals surface area contributed by atoms with Crippen LogP contribution in [-0.2, 0) is 9.73 Å². The number of rotatable bonds is 4. The fourth-order valence-electron chi connectivity index (χ4n) is 1.53. The van der Waals surface area contributed by atoms with Crippen molar-refractivity contribution in [3.8, 4) is 0 Å². The summed E-state index contributed by atoms with van der Waals surface area (Å²) >= 11 is 0. The van der Waals surface area contributed by atoms with Gasteiger partial charge in [-0.25, -0.2) is 8.57 Å². The summed E-state index contributed by atoms with van der Waals surface area (Å²) < 4.78 is 16.8. The summed E-state index contributed by atoms with van der Waals surface area (Å²) in [6.07, 6.45) is 2.96. The van der Waals surface area contributed by atoms with Gasteiger partial charge in [0.2, 0.25) is 0 Å². The van der Waals surface area contributed by atoms with Crippen LogP contribution in [0.25, 0.3) is 0 Å². The summed E-state index contributed by atoms with van der Waals surface area (Å²) in [4.78, 5) is 0.824. The van der Waals surface area contributed by atoms with E-state index in [1.807, 2.05) is 43.3 Å². The van der Waals surface area contributed by atoms with Crippen LogP contribution in [-0.4, -0.2) is 17.0 Å². The van der Waals surface area contributed by atoms with E-state index in [0.29, 0.717) is 5.75 Å². The topological polar surface area (TPSA) is 29.4 Å². The van der Waals surface area contributed by atoms with E-state index in [-0.39, 0.29) is 0 Å². The van der Waals surface area contributed by atoms with Crippen molar-refractivity contribution in [1.82, 2.24) is 0 Å². The predicted octanol–water partition coefficient (Wildman–Crippen LogP) is 3.50. The average molecular weight is 237 g/mol. The van der Waals surface area contributed by atoms with Crippen LogP contribution in [0.1, 0.15) is 20.3 Å². The van der Waals surface area contributed by atoms with Gasteiger partial charge in [-0.05, 0) is 25.5 Å². The lowest BCUT2D eigenvalue weighted by molar-refractivity contribution is 0.677. The van der Waals surface area contributed by atoms with Crippen LogP contribution < -0.4 is 0 Å². The van der Waals surface area contributed by atoms with E-state index in [1.54, 1.807) is 7.05 Å². The van der Waals surface area contributed by atoms with Crippen molar-refractivity contribution >= 4 is 9.73 Å². The van der Waals surface area contributed by atoms with Gasteiger partial charge in [0.1, 0.15) is 0 Å². The second-order valence-electron chi connectivity index (χ2n) is 3.58. The molecule has 2 nitrogen and oxygen atoms in total. The summed E-state index contributed by atoms with van der Waals surface area (Å²) in [6.45, 7) is 4.06. The zero-order valence-corrected chi connectivity index (χ0v) is 11.0. The molecular formula is C13H19NOS. The van der Waals surface area contributed by atoms with Crippen molar-refractivity contribution < 1.29 is 4.21 Å². The number of hydrogen-bond donors (Lipinski definition) is 0. The van der Waals surface area contributed by atoms with Crippen LogP contribution in [0.2, 0.25) is 0 Å². The van der Waals surface area contributed by atoms with E-state index < -0.39 is 9.73 Å². The highest BCUT2D eigenvalue weighted by Gasteiger charge is 2.12. The minimum atomic E-state index is -2.27. The van der Waals surface area contributed by atoms with E-state index in [1.165, 1.54) is 5.57 Å². The molecule has 1 aromatic rings. The van der Waals surface area contributed by atoms with Crippen molar-refractivity contribution in [2.24, 2.45) is 4.36 Å². The zero-order chi connectivity index (χ0) is 12.0. The van der Waals surface area contributed by atoms with Crippen LogP contribution in [0.4, 0.5) is 0 Å². The standard InChI is InChI=1S/C13H19NOS/c1-4-12(5-2)11-16(15,14-3)13-9-7-6-8-10-13/h4,6-10H,5,11H2,1-3H3/b12-4+/t16-/m0/s1. The fourth-order valence-corrected chi connectivity index (χ4v) is 3.49. The quantitative estimate of drug-likeness (QED) is 0.737. The molecule has 0 aliphatic heterocycles. The first-order valence-corrected chi connectivity index (χ1v) is 7.16. The largest absolute Gasteiger partial charge is 0.244 e. The highest BCUT2D eigenvalue weighted by molar-refractivity contribution is 7.93. The maximum atomic E-state index is 12.7. The van der Waals surface area contributed by atoms with Gasteiger partial charge in [0.05, 0.1) is 15.5 Å². The Morgan fingerprint density at radius 2 is 2.00 bits per heavy atom. The fraction of sp³-hybridized carbons (Fsp3) is 0.385. The van der Waals surface area contributed by atoms with Crippen LogP contribution in [0.5, 0.6) is 0 Å². The molecule has 16 heavy (non-hydrogen) atoms. The summed E-state index contributed by atoms with van der Waals surface area (Å²) in [7, 11) is -0.635. The Balaban J connectivity index is 3.11. The van der Waals surface area contributed by atoms with Crippen molar-refractivity contribution in [3.05, 3.63) is 42.0 Å². The molecule has 0 N–H and O–H groups in total. The first-order chi connectivity index (χ1) is 7.66. The highest BCUT2D eigenvalue weighted by Crippen LogP contribution is 2.17. The molecule has 0 aliphatic carbocycles. The van der Waals surface area contributed by atoms with Gasteiger partial charge in [0.25, 0.3) is 0 Å². The highest BCUT2D eigenvalue weighted by atomic mass is 32.2. The van der Waals surface area contributed by atoms with Gasteiger partial charge in [-0.3, -0.25) is 0 Å². The van der Waals surface area contributed by atoms with Crippen molar-refractivity contribution in [2.75, 3.05) is 12.8 Å². The van der Waals surface area contributed by atoms with E-state index >= 15 is 0 Å². The lowest BCUT2D eigenvalue weighted by Crippen LogP contribution is -2.08. The van der Waals surface area contributed by atoms with Gasteiger partial charge in [-0.1, -0.05) is 36.8 Å². The molecule has 1 aromatic carbocycles. The summed E-state index contributed by atoms with van der Waals surface area (Å²) in [5.41, 5.74) is 1.19. The van der Waals surface area contributed by atoms with Gasteiger partial charge in [0.15, 0.2) is 0 Å². The Bertz CT molecular complexity index is 468. The molecule has 0 aromatic heterocycles. The molecule has 0 saturated carbocycles. The van der Waals surface area contributed by atoms with Gasteiger partial charge >= 0.3 is 0 Å². The van der Waals surface area contributed by atoms with Gasteiger partial charge < -0.3 is 0 Å². The van der Waals surface area contributed by atoms with E-state index in [0.717, 1.165) is 11.3 Å². The third-order valence-electron chi connectivity index (χ3n) is 2.65. The lowest BCUT2D eigenvalue weighted by Gasteiger charge is -2.11. The number of benzene rings is 1. The van der Waals surface area contributed by atoms with Gasteiger partial charge in [0, 0.05) is 11.9 Å². The minimum absolute atomic E-state index is 0.542. The SMILES string of the molecule is C/C=C(\CC)C[S@@](=O)(=NC)c1ccccc1. The molecule has 0 saturated heterocycles. The monoisotopic (exact) mass is 237 g/mol. The third kappa shape index (κ3) is 2.95. The Labute approximate surface area is 98.6 Å². The number of nitrogens with zero attached hydrogens (tertiary/aromatic N) is 1. The molecule has 0 amide bonds. The average Bonchev–Trinajstić information content (AvgIpc) is 2.36. The Morgan fingerprint density at radius 3 is 2.44 bits per heavy atom. The molecule has 3 heteroatoms. The van der Waals surface area contributed by atoms with Crippen LogP contribution in [0.3, 0.4) is 0 Å². The molecule has 0 radical (unpaired) electrons. The van der Waals surface area contributed by atoms with Crippen LogP contribution >= 0.6 is 0 Å². The predicted molar refractivity (Wildman–Crippen MR) is 70.1 cm³/mol. The Kier molecular flexibility index (Phi) is 4.74. The van der Waals surface area contributed by atoms with Crippen molar-refractivity contribution in [1.29, 1.82) is 0 Å². The van der Waals surface area contributed by atoms with E-state index in [9.17, 15) is 4.21 Å². The summed E-state index contributed by atoms with van der Waals surface area (Å²) in [5.74, 6) is 0.542. The van der Waals surface area contributed by atoms with Crippen molar-refractivity contribution in [2.45, 2.75) is 25.2 Å². The Hall–Kier alpha value is -1.09. The van der Waals surface area contributed by atoms with Crippen LogP contribution in [0, 0.1) is 0 Å². The Morgan fingerprint density at radius 1 is 1.38 bits per heavy atom. The molecule has 88 valence electrons. The zero-order valence-electron chi connectivity index (χ0n) is 10.1. The molecular weight excluding hydrogens is 218 g/mol. The first-order valence-electron chi connectivity index (χ1n) is 5.48. The summed E-state index contributed by atoms with van der Waals surface area (Å²) in [5, 5.41) is 0. The molecule has 0 unspecified atom stereocenters. The normalized spacial score (nSPS) is 15.6. The molecule has 0 fully saturated rings. The molecule has 0 spiro atoms. The molecule has 0 bridgehead atoms. The van der Waals surface area contributed by atoms with Crippen LogP contribution in [0.15, 0.2) is 51.2 Å². The molecule has 1 rings (SSSR count). The van der Waals surface area contributed by atoms with E-state index in [2.05, 4.69) is 11.3 Å². The molecule has 0 aliphatic rings. The van der Waals surface area contributed by atoms with Gasteiger partial charge in [-0.2, -0.15) is 0 Å². The second-order valence-corrected chi connectivity index (χ2v) is 5.99. The number of allylic oxidation sites excluding steroid dienone is 1. The maximum Gasteiger partial charge on any atom is 0.0788 e. The molecule has 1 atom stereocenters. The first kappa shape index (κ1) is 13.0.